The van der Waals surface area contributed by atoms with Gasteiger partial charge in [0.1, 0.15) is 5.82 Å². The van der Waals surface area contributed by atoms with Gasteiger partial charge >= 0.3 is 0 Å². The molecule has 0 atom stereocenters. The van der Waals surface area contributed by atoms with Gasteiger partial charge in [0.25, 0.3) is 11.1 Å². The highest BCUT2D eigenvalue weighted by Gasteiger charge is 2.22. The maximum atomic E-state index is 13.4. The van der Waals surface area contributed by atoms with Crippen LogP contribution in [0.15, 0.2) is 33.9 Å². The fraction of sp³-hybridized carbons (Fsp3) is 0.400. The Kier molecular flexibility index (Phi) is 5.58. The van der Waals surface area contributed by atoms with Crippen LogP contribution in [0.2, 0.25) is 5.02 Å². The molecule has 0 spiro atoms. The normalized spacial score (nSPS) is 14.9. The van der Waals surface area contributed by atoms with Crippen LogP contribution in [0.1, 0.15) is 18.5 Å². The van der Waals surface area contributed by atoms with Gasteiger partial charge in [-0.05, 0) is 44.1 Å². The van der Waals surface area contributed by atoms with Crippen molar-refractivity contribution in [1.29, 1.82) is 0 Å². The first-order valence-corrected chi connectivity index (χ1v) is 9.91. The van der Waals surface area contributed by atoms with E-state index in [0.29, 0.717) is 42.0 Å². The maximum Gasteiger partial charge on any atom is 0.280 e. The van der Waals surface area contributed by atoms with E-state index in [1.165, 1.54) is 22.9 Å². The van der Waals surface area contributed by atoms with Gasteiger partial charge in [-0.25, -0.2) is 9.07 Å². The molecule has 0 unspecified atom stereocenters. The molecule has 3 aromatic rings. The van der Waals surface area contributed by atoms with Crippen LogP contribution < -0.4 is 11.1 Å². The molecule has 0 amide bonds. The van der Waals surface area contributed by atoms with Crippen LogP contribution >= 0.6 is 11.6 Å². The summed E-state index contributed by atoms with van der Waals surface area (Å²) in [6.45, 7) is 3.08. The minimum atomic E-state index is -0.489. The number of fused-ring (bicyclic) bond motifs is 1. The zero-order chi connectivity index (χ0) is 20.5. The minimum absolute atomic E-state index is 0.106. The number of nitrogens with zero attached hydrogens (tertiary/aromatic N) is 3. The number of benzene rings is 1. The molecular formula is C20H22ClFN4O3. The second-order valence-corrected chi connectivity index (χ2v) is 7.60. The molecule has 0 bridgehead atoms. The topological polar surface area (TPSA) is 72.3 Å². The van der Waals surface area contributed by atoms with Crippen molar-refractivity contribution in [2.45, 2.75) is 25.9 Å². The molecule has 0 aliphatic carbocycles. The predicted molar refractivity (Wildman–Crippen MR) is 110 cm³/mol. The van der Waals surface area contributed by atoms with Crippen molar-refractivity contribution in [3.63, 3.8) is 0 Å². The molecule has 29 heavy (non-hydrogen) atoms. The number of nitrogens with one attached hydrogen (secondary N) is 1. The Labute approximate surface area is 171 Å². The number of rotatable bonds is 6. The lowest BCUT2D eigenvalue weighted by Gasteiger charge is -2.19. The highest BCUT2D eigenvalue weighted by molar-refractivity contribution is 6.32. The SMILES string of the molecule is COCCn1c(CN2CCCC2)c2c(=O)n(-c3ccc(F)cc3Cl)[nH]c2cc1=O. The molecule has 2 aromatic heterocycles. The zero-order valence-electron chi connectivity index (χ0n) is 16.1. The van der Waals surface area contributed by atoms with Gasteiger partial charge in [-0.1, -0.05) is 11.6 Å². The number of pyridine rings is 1. The molecule has 1 fully saturated rings. The monoisotopic (exact) mass is 420 g/mol. The third kappa shape index (κ3) is 3.75. The summed E-state index contributed by atoms with van der Waals surface area (Å²) in [4.78, 5) is 28.3. The molecule has 3 heterocycles. The van der Waals surface area contributed by atoms with E-state index < -0.39 is 5.82 Å². The van der Waals surface area contributed by atoms with Gasteiger partial charge in [0.05, 0.1) is 33.9 Å². The summed E-state index contributed by atoms with van der Waals surface area (Å²) in [6.07, 6.45) is 2.20. The summed E-state index contributed by atoms with van der Waals surface area (Å²) in [5, 5.41) is 3.51. The van der Waals surface area contributed by atoms with Crippen molar-refractivity contribution in [1.82, 2.24) is 19.2 Å². The minimum Gasteiger partial charge on any atom is -0.383 e. The molecule has 1 saturated heterocycles. The Bertz CT molecular complexity index is 1160. The van der Waals surface area contributed by atoms with E-state index >= 15 is 0 Å². The Hall–Kier alpha value is -2.42. The standard InChI is InChI=1S/C20H22ClFN4O3/c1-29-9-8-25-17(12-24-6-2-3-7-24)19-15(11-18(25)27)23-26(20(19)28)16-5-4-13(22)10-14(16)21/h4-5,10-11,23H,2-3,6-9,12H2,1H3. The van der Waals surface area contributed by atoms with Crippen molar-refractivity contribution < 1.29 is 9.13 Å². The van der Waals surface area contributed by atoms with Gasteiger partial charge in [0.15, 0.2) is 0 Å². The van der Waals surface area contributed by atoms with Gasteiger partial charge in [-0.2, -0.15) is 0 Å². The molecule has 7 nitrogen and oxygen atoms in total. The Balaban J connectivity index is 1.93. The van der Waals surface area contributed by atoms with E-state index in [9.17, 15) is 14.0 Å². The van der Waals surface area contributed by atoms with E-state index in [4.69, 9.17) is 16.3 Å². The highest BCUT2D eigenvalue weighted by atomic mass is 35.5. The van der Waals surface area contributed by atoms with Crippen LogP contribution in [0.25, 0.3) is 16.6 Å². The summed E-state index contributed by atoms with van der Waals surface area (Å²) in [5.41, 5.74) is 0.890. The molecule has 1 N–H and O–H groups in total. The van der Waals surface area contributed by atoms with Crippen molar-refractivity contribution in [2.75, 3.05) is 26.8 Å². The molecule has 1 aliphatic heterocycles. The number of aromatic amines is 1. The van der Waals surface area contributed by atoms with Crippen molar-refractivity contribution in [3.05, 3.63) is 61.5 Å². The molecular weight excluding hydrogens is 399 g/mol. The summed E-state index contributed by atoms with van der Waals surface area (Å²) < 4.78 is 21.5. The van der Waals surface area contributed by atoms with Crippen LogP contribution in [0.3, 0.4) is 0 Å². The van der Waals surface area contributed by atoms with Crippen LogP contribution in [-0.2, 0) is 17.8 Å². The predicted octanol–water partition coefficient (Wildman–Crippen LogP) is 2.52. The number of likely N-dealkylation sites (tertiary alicyclic amines) is 1. The molecule has 4 rings (SSSR count). The first-order chi connectivity index (χ1) is 14.0. The molecule has 9 heteroatoms. The lowest BCUT2D eigenvalue weighted by Crippen LogP contribution is -2.30. The Morgan fingerprint density at radius 1 is 1.21 bits per heavy atom. The Morgan fingerprint density at radius 2 is 1.97 bits per heavy atom. The maximum absolute atomic E-state index is 13.4. The molecule has 0 radical (unpaired) electrons. The molecule has 154 valence electrons. The van der Waals surface area contributed by atoms with E-state index in [1.807, 2.05) is 0 Å². The summed E-state index contributed by atoms with van der Waals surface area (Å²) in [5.74, 6) is -0.489. The van der Waals surface area contributed by atoms with E-state index in [-0.39, 0.29) is 16.1 Å². The third-order valence-electron chi connectivity index (χ3n) is 5.31. The average molecular weight is 421 g/mol. The van der Waals surface area contributed by atoms with Gasteiger partial charge in [0.2, 0.25) is 0 Å². The van der Waals surface area contributed by atoms with Crippen LogP contribution in [0.4, 0.5) is 4.39 Å². The van der Waals surface area contributed by atoms with Crippen molar-refractivity contribution in [3.8, 4) is 5.69 Å². The number of ether oxygens (including phenoxy) is 1. The fourth-order valence-electron chi connectivity index (χ4n) is 3.88. The number of hydrogen-bond acceptors (Lipinski definition) is 4. The van der Waals surface area contributed by atoms with Gasteiger partial charge in [0, 0.05) is 26.3 Å². The fourth-order valence-corrected chi connectivity index (χ4v) is 4.14. The summed E-state index contributed by atoms with van der Waals surface area (Å²) in [6, 6.07) is 5.24. The number of aromatic nitrogens is 3. The summed E-state index contributed by atoms with van der Waals surface area (Å²) in [7, 11) is 1.57. The van der Waals surface area contributed by atoms with Crippen molar-refractivity contribution >= 4 is 22.5 Å². The third-order valence-corrected chi connectivity index (χ3v) is 5.61. The number of halogens is 2. The first-order valence-electron chi connectivity index (χ1n) is 9.54. The largest absolute Gasteiger partial charge is 0.383 e. The van der Waals surface area contributed by atoms with Crippen molar-refractivity contribution in [2.24, 2.45) is 0 Å². The van der Waals surface area contributed by atoms with E-state index in [2.05, 4.69) is 10.00 Å². The van der Waals surface area contributed by atoms with Gasteiger partial charge in [-0.15, -0.1) is 0 Å². The second-order valence-electron chi connectivity index (χ2n) is 7.19. The zero-order valence-corrected chi connectivity index (χ0v) is 16.8. The Morgan fingerprint density at radius 3 is 2.66 bits per heavy atom. The molecule has 0 saturated carbocycles. The smallest absolute Gasteiger partial charge is 0.280 e. The van der Waals surface area contributed by atoms with Crippen LogP contribution in [0, 0.1) is 5.82 Å². The van der Waals surface area contributed by atoms with Crippen LogP contribution in [-0.4, -0.2) is 46.1 Å². The number of hydrogen-bond donors (Lipinski definition) is 1. The molecule has 1 aliphatic rings. The van der Waals surface area contributed by atoms with E-state index in [0.717, 1.165) is 32.0 Å². The lowest BCUT2D eigenvalue weighted by atomic mass is 10.2. The van der Waals surface area contributed by atoms with Crippen LogP contribution in [0.5, 0.6) is 0 Å². The lowest BCUT2D eigenvalue weighted by molar-refractivity contribution is 0.184. The first kappa shape index (κ1) is 19.9. The van der Waals surface area contributed by atoms with Gasteiger partial charge < -0.3 is 9.30 Å². The number of methoxy groups -OCH3 is 1. The quantitative estimate of drug-likeness (QED) is 0.665. The average Bonchev–Trinajstić information content (AvgIpc) is 3.29. The second kappa shape index (κ2) is 8.14. The molecule has 1 aromatic carbocycles. The van der Waals surface area contributed by atoms with Gasteiger partial charge in [-0.3, -0.25) is 19.6 Å². The summed E-state index contributed by atoms with van der Waals surface area (Å²) >= 11 is 6.16. The number of H-pyrrole nitrogens is 1. The highest BCUT2D eigenvalue weighted by Crippen LogP contribution is 2.23. The van der Waals surface area contributed by atoms with E-state index in [1.54, 1.807) is 11.7 Å².